The fraction of sp³-hybridized carbons (Fsp3) is 0.462. The lowest BCUT2D eigenvalue weighted by atomic mass is 10.2. The number of carbonyl (C=O) groups excluding carboxylic acids is 1. The van der Waals surface area contributed by atoms with E-state index in [1.165, 1.54) is 0 Å². The fourth-order valence-electron chi connectivity index (χ4n) is 1.71. The van der Waals surface area contributed by atoms with Gasteiger partial charge in [-0.3, -0.25) is 4.79 Å². The molecule has 0 saturated carbocycles. The van der Waals surface area contributed by atoms with Crippen LogP contribution in [0.5, 0.6) is 0 Å². The summed E-state index contributed by atoms with van der Waals surface area (Å²) < 4.78 is 0. The van der Waals surface area contributed by atoms with E-state index in [0.717, 1.165) is 11.6 Å². The van der Waals surface area contributed by atoms with Gasteiger partial charge in [0.1, 0.15) is 0 Å². The molecular weight excluding hydrogens is 250 g/mol. The molecule has 0 heterocycles. The molecule has 0 spiro atoms. The lowest BCUT2D eigenvalue weighted by Gasteiger charge is -2.21. The lowest BCUT2D eigenvalue weighted by molar-refractivity contribution is 0.0955. The van der Waals surface area contributed by atoms with Crippen LogP contribution in [0, 0.1) is 0 Å². The first-order valence-corrected chi connectivity index (χ1v) is 9.83. The summed E-state index contributed by atoms with van der Waals surface area (Å²) in [4.78, 5) is 12.1. The molecule has 0 unspecified atom stereocenters. The highest BCUT2D eigenvalue weighted by Gasteiger charge is 2.24. The number of hydrogen-bond acceptors (Lipinski definition) is 1. The Kier molecular flexibility index (Phi) is 4.77. The number of carbonyl (C=O) groups is 1. The molecule has 2 nitrogen and oxygen atoms in total. The quantitative estimate of drug-likeness (QED) is 0.837. The fourth-order valence-corrected chi connectivity index (χ4v) is 3.64. The minimum atomic E-state index is -1.56. The highest BCUT2D eigenvalue weighted by molar-refractivity contribution is 6.89. The molecule has 0 aromatic heterocycles. The third-order valence-electron chi connectivity index (χ3n) is 2.58. The maximum absolute atomic E-state index is 12.1. The van der Waals surface area contributed by atoms with Crippen molar-refractivity contribution in [1.82, 2.24) is 5.32 Å². The molecule has 17 heavy (non-hydrogen) atoms. The van der Waals surface area contributed by atoms with Crippen LogP contribution in [0.3, 0.4) is 0 Å². The van der Waals surface area contributed by atoms with E-state index in [9.17, 15) is 4.79 Å². The first kappa shape index (κ1) is 14.3. The zero-order chi connectivity index (χ0) is 13.1. The Morgan fingerprint density at radius 2 is 2.00 bits per heavy atom. The molecule has 0 fully saturated rings. The van der Waals surface area contributed by atoms with E-state index in [-0.39, 0.29) is 5.91 Å². The highest BCUT2D eigenvalue weighted by atomic mass is 35.5. The average Bonchev–Trinajstić information content (AvgIpc) is 2.24. The van der Waals surface area contributed by atoms with Gasteiger partial charge in [0.2, 0.25) is 0 Å². The Morgan fingerprint density at radius 3 is 2.53 bits per heavy atom. The minimum Gasteiger partial charge on any atom is -0.352 e. The molecule has 0 saturated heterocycles. The second kappa shape index (κ2) is 5.69. The van der Waals surface area contributed by atoms with Crippen molar-refractivity contribution in [1.29, 1.82) is 0 Å². The zero-order valence-corrected chi connectivity index (χ0v) is 12.7. The van der Waals surface area contributed by atoms with Crippen LogP contribution in [0.15, 0.2) is 18.2 Å². The molecule has 0 bridgehead atoms. The van der Waals surface area contributed by atoms with Gasteiger partial charge < -0.3 is 5.32 Å². The Morgan fingerprint density at radius 1 is 1.35 bits per heavy atom. The smallest absolute Gasteiger partial charge is 0.252 e. The second-order valence-electron chi connectivity index (χ2n) is 5.17. The monoisotopic (exact) mass is 269 g/mol. The summed E-state index contributed by atoms with van der Waals surface area (Å²) >= 11 is 6.17. The van der Waals surface area contributed by atoms with Crippen LogP contribution in [0.25, 0.3) is 0 Å². The van der Waals surface area contributed by atoms with Crippen molar-refractivity contribution in [2.24, 2.45) is 0 Å². The maximum atomic E-state index is 12.1. The summed E-state index contributed by atoms with van der Waals surface area (Å²) in [6.07, 6.45) is 0.929. The lowest BCUT2D eigenvalue weighted by Crippen LogP contribution is -2.43. The van der Waals surface area contributed by atoms with Crippen molar-refractivity contribution < 1.29 is 4.79 Å². The number of nitrogens with one attached hydrogen (secondary N) is 1. The van der Waals surface area contributed by atoms with Gasteiger partial charge in [-0.25, -0.2) is 0 Å². The maximum Gasteiger partial charge on any atom is 0.252 e. The van der Waals surface area contributed by atoms with Gasteiger partial charge in [0.15, 0.2) is 0 Å². The van der Waals surface area contributed by atoms with Crippen LogP contribution in [0.4, 0.5) is 0 Å². The predicted octanol–water partition coefficient (Wildman–Crippen LogP) is 3.03. The molecule has 0 aliphatic rings. The summed E-state index contributed by atoms with van der Waals surface area (Å²) in [6, 6.07) is 5.73. The third-order valence-corrected chi connectivity index (χ3v) is 4.93. The van der Waals surface area contributed by atoms with Gasteiger partial charge in [-0.05, 0) is 17.7 Å². The van der Waals surface area contributed by atoms with Gasteiger partial charge in [-0.15, -0.1) is 0 Å². The van der Waals surface area contributed by atoms with Crippen LogP contribution in [-0.4, -0.2) is 20.5 Å². The van der Waals surface area contributed by atoms with E-state index in [1.54, 1.807) is 6.07 Å². The van der Waals surface area contributed by atoms with Gasteiger partial charge in [0.25, 0.3) is 5.91 Å². The van der Waals surface area contributed by atoms with E-state index in [1.807, 2.05) is 19.1 Å². The van der Waals surface area contributed by atoms with Gasteiger partial charge >= 0.3 is 0 Å². The molecule has 0 aliphatic carbocycles. The molecule has 0 aliphatic heterocycles. The Hall–Kier alpha value is -0.803. The molecule has 1 amide bonds. The summed E-state index contributed by atoms with van der Waals surface area (Å²) in [5.41, 5.74) is 0.668. The highest BCUT2D eigenvalue weighted by Crippen LogP contribution is 2.17. The largest absolute Gasteiger partial charge is 0.352 e. The molecule has 1 rings (SSSR count). The normalized spacial score (nSPS) is 11.4. The number of halogens is 1. The molecular formula is C13H20ClNOSi. The predicted molar refractivity (Wildman–Crippen MR) is 77.1 cm³/mol. The molecule has 0 atom stereocenters. The van der Waals surface area contributed by atoms with E-state index in [4.69, 9.17) is 11.6 Å². The Balaban J connectivity index is 3.17. The van der Waals surface area contributed by atoms with Crippen molar-refractivity contribution in [2.45, 2.75) is 33.0 Å². The van der Waals surface area contributed by atoms with Crippen LogP contribution in [0.1, 0.15) is 23.7 Å². The second-order valence-corrected chi connectivity index (χ2v) is 10.6. The first-order chi connectivity index (χ1) is 7.88. The molecule has 4 heteroatoms. The van der Waals surface area contributed by atoms with Gasteiger partial charge in [0, 0.05) is 6.54 Å². The van der Waals surface area contributed by atoms with E-state index in [0.29, 0.717) is 17.1 Å². The van der Waals surface area contributed by atoms with Crippen molar-refractivity contribution in [3.05, 3.63) is 28.8 Å². The van der Waals surface area contributed by atoms with Crippen LogP contribution in [-0.2, 0) is 0 Å². The minimum absolute atomic E-state index is 0.0464. The average molecular weight is 270 g/mol. The summed E-state index contributed by atoms with van der Waals surface area (Å²) in [6.45, 7) is 9.38. The molecule has 1 aromatic rings. The zero-order valence-electron chi connectivity index (χ0n) is 10.9. The first-order valence-electron chi connectivity index (χ1n) is 5.95. The van der Waals surface area contributed by atoms with Gasteiger partial charge in [-0.1, -0.05) is 50.3 Å². The summed E-state index contributed by atoms with van der Waals surface area (Å²) in [7, 11) is -1.56. The molecule has 1 N–H and O–H groups in total. The topological polar surface area (TPSA) is 29.1 Å². The Labute approximate surface area is 109 Å². The standard InChI is InChI=1S/C13H20ClNOSi/c1-5-9-15-13(16)12-10(14)7-6-8-11(12)17(2,3)4/h6-8H,5,9H2,1-4H3,(H,15,16). The molecule has 1 aromatic carbocycles. The number of amides is 1. The van der Waals surface area contributed by atoms with Crippen LogP contribution in [0.2, 0.25) is 24.7 Å². The summed E-state index contributed by atoms with van der Waals surface area (Å²) in [5.74, 6) is -0.0464. The van der Waals surface area contributed by atoms with Crippen LogP contribution >= 0.6 is 11.6 Å². The van der Waals surface area contributed by atoms with E-state index >= 15 is 0 Å². The van der Waals surface area contributed by atoms with Crippen molar-refractivity contribution >= 4 is 30.8 Å². The van der Waals surface area contributed by atoms with Crippen molar-refractivity contribution in [2.75, 3.05) is 6.54 Å². The number of rotatable bonds is 4. The van der Waals surface area contributed by atoms with Crippen LogP contribution < -0.4 is 10.5 Å². The molecule has 0 radical (unpaired) electrons. The van der Waals surface area contributed by atoms with Gasteiger partial charge in [-0.2, -0.15) is 0 Å². The van der Waals surface area contributed by atoms with Gasteiger partial charge in [0.05, 0.1) is 18.7 Å². The van der Waals surface area contributed by atoms with E-state index < -0.39 is 8.07 Å². The third kappa shape index (κ3) is 3.58. The molecule has 94 valence electrons. The Bertz CT molecular complexity index is 412. The number of benzene rings is 1. The van der Waals surface area contributed by atoms with E-state index in [2.05, 4.69) is 25.0 Å². The number of hydrogen-bond donors (Lipinski definition) is 1. The summed E-state index contributed by atoms with van der Waals surface area (Å²) in [5, 5.41) is 4.58. The van der Waals surface area contributed by atoms with Crippen molar-refractivity contribution in [3.63, 3.8) is 0 Å². The van der Waals surface area contributed by atoms with Crippen molar-refractivity contribution in [3.8, 4) is 0 Å². The SMILES string of the molecule is CCCNC(=O)c1c(Cl)cccc1[Si](C)(C)C.